The third-order valence-electron chi connectivity index (χ3n) is 6.25. The molecule has 20 heteroatoms. The molecular weight excluding hydrogens is 559 g/mol. The third-order valence-corrected chi connectivity index (χ3v) is 6.71. The second-order valence-corrected chi connectivity index (χ2v) is 9.81. The van der Waals surface area contributed by atoms with Crippen LogP contribution in [0.1, 0.15) is 6.92 Å². The van der Waals surface area contributed by atoms with Crippen LogP contribution in [-0.4, -0.2) is 164 Å². The molecule has 3 aliphatic heterocycles. The fourth-order valence-electron chi connectivity index (χ4n) is 4.23. The minimum Gasteiger partial charge on any atom is -0.726 e. The van der Waals surface area contributed by atoms with Crippen molar-refractivity contribution in [3.8, 4) is 0 Å². The monoisotopic (exact) mass is 590 g/mol. The van der Waals surface area contributed by atoms with E-state index in [1.165, 1.54) is 6.92 Å². The van der Waals surface area contributed by atoms with Gasteiger partial charge in [0.15, 0.2) is 18.9 Å². The summed E-state index contributed by atoms with van der Waals surface area (Å²) >= 11 is 0. The fourth-order valence-corrected chi connectivity index (χ4v) is 4.73. The molecule has 3 rings (SSSR count). The Hall–Kier alpha value is 0.310. The quantitative estimate of drug-likeness (QED) is 0.0720. The fraction of sp³-hybridized carbons (Fsp3) is 1.00. The van der Waals surface area contributed by atoms with Crippen molar-refractivity contribution in [3.63, 3.8) is 0 Å². The summed E-state index contributed by atoms with van der Waals surface area (Å²) in [5, 5.41) is 90.7. The van der Waals surface area contributed by atoms with Gasteiger partial charge >= 0.3 is 29.6 Å². The van der Waals surface area contributed by atoms with Gasteiger partial charge in [-0.3, -0.25) is 4.18 Å². The summed E-state index contributed by atoms with van der Waals surface area (Å²) in [4.78, 5) is 0. The van der Waals surface area contributed by atoms with Crippen molar-refractivity contribution in [3.05, 3.63) is 0 Å². The minimum atomic E-state index is -5.47. The van der Waals surface area contributed by atoms with Gasteiger partial charge in [0.2, 0.25) is 10.4 Å². The van der Waals surface area contributed by atoms with E-state index in [0.717, 1.165) is 0 Å². The topological polar surface area (TPSA) is 295 Å². The van der Waals surface area contributed by atoms with Crippen LogP contribution in [0, 0.1) is 0 Å². The van der Waals surface area contributed by atoms with Gasteiger partial charge in [-0.05, 0) is 6.92 Å². The molecule has 0 unspecified atom stereocenters. The Kier molecular flexibility index (Phi) is 12.7. The van der Waals surface area contributed by atoms with E-state index in [4.69, 9.17) is 23.7 Å². The molecular formula is C18H31NaO18S. The predicted octanol–water partition coefficient (Wildman–Crippen LogP) is -10.1. The zero-order chi connectivity index (χ0) is 27.8. The molecule has 3 saturated heterocycles. The molecule has 0 amide bonds. The molecule has 0 saturated carbocycles. The van der Waals surface area contributed by atoms with E-state index < -0.39 is 116 Å². The zero-order valence-corrected chi connectivity index (χ0v) is 23.0. The first-order chi connectivity index (χ1) is 17.2. The van der Waals surface area contributed by atoms with Crippen LogP contribution < -0.4 is 29.6 Å². The zero-order valence-electron chi connectivity index (χ0n) is 20.2. The molecule has 218 valence electrons. The average Bonchev–Trinajstić information content (AvgIpc) is 2.83. The normalized spacial score (nSPS) is 48.3. The van der Waals surface area contributed by atoms with Crippen LogP contribution in [-0.2, 0) is 38.3 Å². The number of rotatable bonds is 8. The van der Waals surface area contributed by atoms with Crippen LogP contribution in [0.3, 0.4) is 0 Å². The van der Waals surface area contributed by atoms with Crippen LogP contribution in [0.2, 0.25) is 0 Å². The number of hydrogen-bond acceptors (Lipinski definition) is 18. The molecule has 0 aromatic heterocycles. The van der Waals surface area contributed by atoms with Crippen molar-refractivity contribution in [2.24, 2.45) is 0 Å². The van der Waals surface area contributed by atoms with Gasteiger partial charge in [-0.1, -0.05) is 0 Å². The SMILES string of the molecule is C[C@@H]1O[C@@H](O[C@@H]2[C@H](O)[C@H](O)O[C@@H](CO)[C@H]2O[C@@H]2O[C@@H](CO)[C@H](O)[C@H](OS(=O)(=O)[O-])[C@@H]2O)[C@@H](O)[C@@H](O)[C@@H]1O.[Na+]. The Balaban J connectivity index is 0.00000507. The van der Waals surface area contributed by atoms with E-state index in [1.807, 2.05) is 0 Å². The van der Waals surface area contributed by atoms with Gasteiger partial charge in [0.25, 0.3) is 0 Å². The molecule has 0 aliphatic carbocycles. The van der Waals surface area contributed by atoms with Crippen molar-refractivity contribution in [1.29, 1.82) is 0 Å². The average molecular weight is 590 g/mol. The first kappa shape index (κ1) is 34.5. The Bertz CT molecular complexity index is 851. The standard InChI is InChI=1S/C18H32O18S.Na/c1-4-7(21)9(23)10(24)17(31-4)35-15-11(25)16(27)32-6(3-20)13(15)34-18-12(26)14(36-37(28,29)30)8(22)5(2-19)33-18;/h4-27H,2-3H2,1H3,(H,28,29,30);/q;+1/p-1/t4-,5-,6-,7+,8-,9-,10-,11-,12-,13+,14-,15+,16+,17-,18-;/m0./s1. The number of aliphatic hydroxyl groups is 9. The second-order valence-electron chi connectivity index (χ2n) is 8.80. The Morgan fingerprint density at radius 3 is 1.79 bits per heavy atom. The maximum absolute atomic E-state index is 11.1. The van der Waals surface area contributed by atoms with Gasteiger partial charge in [0, 0.05) is 0 Å². The first-order valence-corrected chi connectivity index (χ1v) is 12.4. The van der Waals surface area contributed by atoms with E-state index in [0.29, 0.717) is 0 Å². The largest absolute Gasteiger partial charge is 1.00 e. The van der Waals surface area contributed by atoms with Crippen LogP contribution in [0.4, 0.5) is 0 Å². The summed E-state index contributed by atoms with van der Waals surface area (Å²) in [6, 6.07) is 0. The summed E-state index contributed by atoms with van der Waals surface area (Å²) in [7, 11) is -5.47. The summed E-state index contributed by atoms with van der Waals surface area (Å²) in [6.45, 7) is -0.519. The molecule has 15 atom stereocenters. The van der Waals surface area contributed by atoms with E-state index in [9.17, 15) is 58.9 Å². The predicted molar refractivity (Wildman–Crippen MR) is 108 cm³/mol. The maximum Gasteiger partial charge on any atom is 1.00 e. The molecule has 0 aromatic rings. The van der Waals surface area contributed by atoms with E-state index in [-0.39, 0.29) is 29.6 Å². The number of aliphatic hydroxyl groups excluding tert-OH is 9. The van der Waals surface area contributed by atoms with Crippen LogP contribution in [0.5, 0.6) is 0 Å². The van der Waals surface area contributed by atoms with Crippen molar-refractivity contribution in [2.45, 2.75) is 99.0 Å². The molecule has 3 fully saturated rings. The molecule has 38 heavy (non-hydrogen) atoms. The van der Waals surface area contributed by atoms with E-state index in [2.05, 4.69) is 4.18 Å². The third kappa shape index (κ3) is 7.57. The molecule has 3 aliphatic rings. The summed E-state index contributed by atoms with van der Waals surface area (Å²) in [6.07, 6.45) is -26.9. The van der Waals surface area contributed by atoms with E-state index in [1.54, 1.807) is 0 Å². The molecule has 9 N–H and O–H groups in total. The second kappa shape index (κ2) is 14.0. The van der Waals surface area contributed by atoms with Crippen molar-refractivity contribution >= 4 is 10.4 Å². The van der Waals surface area contributed by atoms with E-state index >= 15 is 0 Å². The molecule has 0 aromatic carbocycles. The van der Waals surface area contributed by atoms with Gasteiger partial charge in [-0.2, -0.15) is 0 Å². The molecule has 18 nitrogen and oxygen atoms in total. The van der Waals surface area contributed by atoms with Gasteiger partial charge in [0.05, 0.1) is 19.3 Å². The summed E-state index contributed by atoms with van der Waals surface area (Å²) in [5.41, 5.74) is 0. The van der Waals surface area contributed by atoms with Crippen molar-refractivity contribution in [2.75, 3.05) is 13.2 Å². The molecule has 0 radical (unpaired) electrons. The van der Waals surface area contributed by atoms with Crippen LogP contribution in [0.25, 0.3) is 0 Å². The van der Waals surface area contributed by atoms with Gasteiger partial charge < -0.3 is 74.2 Å². The molecule has 3 heterocycles. The number of ether oxygens (including phenoxy) is 5. The Morgan fingerprint density at radius 2 is 1.24 bits per heavy atom. The van der Waals surface area contributed by atoms with Gasteiger partial charge in [-0.25, -0.2) is 8.42 Å². The van der Waals surface area contributed by atoms with Crippen LogP contribution >= 0.6 is 0 Å². The smallest absolute Gasteiger partial charge is 0.726 e. The maximum atomic E-state index is 11.1. The minimum absolute atomic E-state index is 0. The van der Waals surface area contributed by atoms with Gasteiger partial charge in [0.1, 0.15) is 67.1 Å². The van der Waals surface area contributed by atoms with Crippen molar-refractivity contribution in [1.82, 2.24) is 0 Å². The first-order valence-electron chi connectivity index (χ1n) is 11.1. The van der Waals surface area contributed by atoms with Crippen molar-refractivity contribution < 1.29 is 116 Å². The Morgan fingerprint density at radius 1 is 0.684 bits per heavy atom. The summed E-state index contributed by atoms with van der Waals surface area (Å²) in [5.74, 6) is 0. The molecule has 0 spiro atoms. The van der Waals surface area contributed by atoms with Gasteiger partial charge in [-0.15, -0.1) is 0 Å². The molecule has 0 bridgehead atoms. The van der Waals surface area contributed by atoms with Crippen LogP contribution in [0.15, 0.2) is 0 Å². The number of hydrogen-bond donors (Lipinski definition) is 9. The Labute approximate surface area is 238 Å². The summed E-state index contributed by atoms with van der Waals surface area (Å²) < 4.78 is 64.1.